The Labute approximate surface area is 126 Å². The lowest BCUT2D eigenvalue weighted by molar-refractivity contribution is 0.0636. The van der Waals surface area contributed by atoms with Crippen LogP contribution >= 0.6 is 15.9 Å². The van der Waals surface area contributed by atoms with E-state index in [9.17, 15) is 9.18 Å². The van der Waals surface area contributed by atoms with Crippen molar-refractivity contribution in [3.05, 3.63) is 28.0 Å². The summed E-state index contributed by atoms with van der Waals surface area (Å²) in [5, 5.41) is 0. The van der Waals surface area contributed by atoms with Crippen LogP contribution in [0.5, 0.6) is 0 Å². The third-order valence-electron chi connectivity index (χ3n) is 3.52. The first kappa shape index (κ1) is 15.3. The molecule has 1 aliphatic rings. The Hall–Kier alpha value is -1.14. The highest BCUT2D eigenvalue weighted by Crippen LogP contribution is 2.24. The lowest BCUT2D eigenvalue weighted by atomic mass is 10.1. The number of benzene rings is 1. The van der Waals surface area contributed by atoms with E-state index < -0.39 is 5.82 Å². The van der Waals surface area contributed by atoms with Crippen LogP contribution in [0.25, 0.3) is 0 Å². The highest BCUT2D eigenvalue weighted by Gasteiger charge is 2.23. The van der Waals surface area contributed by atoms with Crippen molar-refractivity contribution >= 4 is 27.5 Å². The number of hydrogen-bond donors (Lipinski definition) is 1. The molecule has 1 saturated heterocycles. The second-order valence-corrected chi connectivity index (χ2v) is 5.84. The molecule has 2 N–H and O–H groups in total. The van der Waals surface area contributed by atoms with Crippen molar-refractivity contribution in [2.24, 2.45) is 0 Å². The van der Waals surface area contributed by atoms with Crippen LogP contribution in [0.3, 0.4) is 0 Å². The maximum Gasteiger partial charge on any atom is 0.255 e. The van der Waals surface area contributed by atoms with Gasteiger partial charge in [0, 0.05) is 30.7 Å². The molecule has 4 nitrogen and oxygen atoms in total. The lowest BCUT2D eigenvalue weighted by Crippen LogP contribution is -2.48. The van der Waals surface area contributed by atoms with Crippen molar-refractivity contribution in [1.29, 1.82) is 0 Å². The molecule has 6 heteroatoms. The van der Waals surface area contributed by atoms with E-state index in [1.54, 1.807) is 4.90 Å². The Morgan fingerprint density at radius 2 is 2.00 bits per heavy atom. The molecule has 20 heavy (non-hydrogen) atoms. The van der Waals surface area contributed by atoms with Gasteiger partial charge in [-0.25, -0.2) is 4.39 Å². The summed E-state index contributed by atoms with van der Waals surface area (Å²) in [5.41, 5.74) is 5.97. The number of anilines is 1. The van der Waals surface area contributed by atoms with E-state index in [1.165, 1.54) is 12.1 Å². The largest absolute Gasteiger partial charge is 0.396 e. The molecule has 0 unspecified atom stereocenters. The molecular formula is C14H19BrFN3O. The van der Waals surface area contributed by atoms with Gasteiger partial charge in [-0.2, -0.15) is 0 Å². The maximum absolute atomic E-state index is 13.3. The van der Waals surface area contributed by atoms with E-state index in [-0.39, 0.29) is 11.6 Å². The van der Waals surface area contributed by atoms with E-state index in [0.29, 0.717) is 23.1 Å². The second kappa shape index (κ2) is 6.54. The van der Waals surface area contributed by atoms with Crippen LogP contribution in [0.4, 0.5) is 10.1 Å². The molecule has 0 aliphatic carbocycles. The normalized spacial score (nSPS) is 16.4. The molecule has 2 rings (SSSR count). The highest BCUT2D eigenvalue weighted by molar-refractivity contribution is 9.10. The maximum atomic E-state index is 13.3. The molecule has 1 aromatic carbocycles. The molecule has 0 radical (unpaired) electrons. The van der Waals surface area contributed by atoms with Crippen molar-refractivity contribution < 1.29 is 9.18 Å². The van der Waals surface area contributed by atoms with E-state index >= 15 is 0 Å². The van der Waals surface area contributed by atoms with Crippen molar-refractivity contribution in [3.63, 3.8) is 0 Å². The first-order valence-electron chi connectivity index (χ1n) is 6.79. The standard InChI is InChI=1S/C14H19BrFN3O/c1-2-3-18-4-6-19(7-5-18)14(20)10-8-13(17)12(16)9-11(10)15/h8-9H,2-7,17H2,1H3. The number of nitrogen functional groups attached to an aromatic ring is 1. The molecule has 1 aromatic rings. The number of nitrogens with zero attached hydrogens (tertiary/aromatic N) is 2. The van der Waals surface area contributed by atoms with Gasteiger partial charge in [0.15, 0.2) is 0 Å². The average Bonchev–Trinajstić information content (AvgIpc) is 2.43. The average molecular weight is 344 g/mol. The second-order valence-electron chi connectivity index (χ2n) is 4.99. The zero-order chi connectivity index (χ0) is 14.7. The number of rotatable bonds is 3. The Morgan fingerprint density at radius 1 is 1.35 bits per heavy atom. The summed E-state index contributed by atoms with van der Waals surface area (Å²) in [4.78, 5) is 16.6. The molecule has 0 saturated carbocycles. The van der Waals surface area contributed by atoms with Crippen LogP contribution in [-0.2, 0) is 0 Å². The van der Waals surface area contributed by atoms with Crippen LogP contribution in [0.2, 0.25) is 0 Å². The van der Waals surface area contributed by atoms with Gasteiger partial charge in [-0.3, -0.25) is 9.69 Å². The summed E-state index contributed by atoms with van der Waals surface area (Å²) in [7, 11) is 0. The lowest BCUT2D eigenvalue weighted by Gasteiger charge is -2.34. The van der Waals surface area contributed by atoms with Crippen molar-refractivity contribution in [2.75, 3.05) is 38.5 Å². The predicted octanol–water partition coefficient (Wildman–Crippen LogP) is 2.34. The molecule has 1 fully saturated rings. The first-order chi connectivity index (χ1) is 9.52. The third kappa shape index (κ3) is 3.30. The number of carbonyl (C=O) groups excluding carboxylic acids is 1. The van der Waals surface area contributed by atoms with Gasteiger partial charge in [-0.15, -0.1) is 0 Å². The Balaban J connectivity index is 2.07. The van der Waals surface area contributed by atoms with E-state index in [2.05, 4.69) is 27.8 Å². The van der Waals surface area contributed by atoms with Crippen molar-refractivity contribution in [2.45, 2.75) is 13.3 Å². The van der Waals surface area contributed by atoms with Crippen LogP contribution in [0.1, 0.15) is 23.7 Å². The van der Waals surface area contributed by atoms with E-state index in [1.807, 2.05) is 0 Å². The third-order valence-corrected chi connectivity index (χ3v) is 4.17. The van der Waals surface area contributed by atoms with Gasteiger partial charge in [0.25, 0.3) is 5.91 Å². The zero-order valence-corrected chi connectivity index (χ0v) is 13.1. The fourth-order valence-corrected chi connectivity index (χ4v) is 2.88. The van der Waals surface area contributed by atoms with Gasteiger partial charge in [0.2, 0.25) is 0 Å². The summed E-state index contributed by atoms with van der Waals surface area (Å²) >= 11 is 3.23. The van der Waals surface area contributed by atoms with Gasteiger partial charge in [-0.05, 0) is 41.0 Å². The quantitative estimate of drug-likeness (QED) is 0.857. The minimum atomic E-state index is -0.513. The summed E-state index contributed by atoms with van der Waals surface area (Å²) in [6.07, 6.45) is 1.12. The van der Waals surface area contributed by atoms with E-state index in [0.717, 1.165) is 26.1 Å². The topological polar surface area (TPSA) is 49.6 Å². The molecule has 1 aliphatic heterocycles. The number of hydrogen-bond acceptors (Lipinski definition) is 3. The van der Waals surface area contributed by atoms with Gasteiger partial charge < -0.3 is 10.6 Å². The van der Waals surface area contributed by atoms with Gasteiger partial charge in [0.05, 0.1) is 11.3 Å². The minimum absolute atomic E-state index is 0.00108. The van der Waals surface area contributed by atoms with Crippen LogP contribution in [0.15, 0.2) is 16.6 Å². The molecular weight excluding hydrogens is 325 g/mol. The van der Waals surface area contributed by atoms with Crippen LogP contribution in [0, 0.1) is 5.82 Å². The Bertz CT molecular complexity index is 501. The molecule has 110 valence electrons. The number of piperazine rings is 1. The van der Waals surface area contributed by atoms with Gasteiger partial charge in [0.1, 0.15) is 5.82 Å². The highest BCUT2D eigenvalue weighted by atomic mass is 79.9. The number of amides is 1. The Kier molecular flexibility index (Phi) is 4.99. The summed E-state index contributed by atoms with van der Waals surface area (Å²) in [6.45, 7) is 6.37. The summed E-state index contributed by atoms with van der Waals surface area (Å²) in [6, 6.07) is 2.65. The molecule has 1 amide bonds. The SMILES string of the molecule is CCCN1CCN(C(=O)c2cc(N)c(F)cc2Br)CC1. The van der Waals surface area contributed by atoms with Crippen molar-refractivity contribution in [1.82, 2.24) is 9.80 Å². The van der Waals surface area contributed by atoms with Crippen LogP contribution < -0.4 is 5.73 Å². The number of halogens is 2. The molecule has 0 bridgehead atoms. The fourth-order valence-electron chi connectivity index (χ4n) is 2.39. The fraction of sp³-hybridized carbons (Fsp3) is 0.500. The molecule has 0 aromatic heterocycles. The molecule has 0 spiro atoms. The smallest absolute Gasteiger partial charge is 0.255 e. The predicted molar refractivity (Wildman–Crippen MR) is 81.1 cm³/mol. The summed E-state index contributed by atoms with van der Waals surface area (Å²) in [5.74, 6) is -0.610. The first-order valence-corrected chi connectivity index (χ1v) is 7.58. The molecule has 0 atom stereocenters. The summed E-state index contributed by atoms with van der Waals surface area (Å²) < 4.78 is 13.8. The van der Waals surface area contributed by atoms with E-state index in [4.69, 9.17) is 5.73 Å². The Morgan fingerprint density at radius 3 is 2.60 bits per heavy atom. The van der Waals surface area contributed by atoms with Crippen molar-refractivity contribution in [3.8, 4) is 0 Å². The number of nitrogens with two attached hydrogens (primary N) is 1. The number of carbonyl (C=O) groups is 1. The minimum Gasteiger partial charge on any atom is -0.396 e. The monoisotopic (exact) mass is 343 g/mol. The zero-order valence-electron chi connectivity index (χ0n) is 11.5. The van der Waals surface area contributed by atoms with Gasteiger partial charge in [-0.1, -0.05) is 6.92 Å². The van der Waals surface area contributed by atoms with Crippen LogP contribution in [-0.4, -0.2) is 48.4 Å². The van der Waals surface area contributed by atoms with Gasteiger partial charge >= 0.3 is 0 Å². The molecule has 1 heterocycles.